The van der Waals surface area contributed by atoms with Crippen molar-refractivity contribution in [2.24, 2.45) is 10.2 Å². The van der Waals surface area contributed by atoms with Gasteiger partial charge >= 0.3 is 0 Å². The number of halogens is 1. The van der Waals surface area contributed by atoms with E-state index < -0.39 is 5.00 Å². The first-order chi connectivity index (χ1) is 13.0. The van der Waals surface area contributed by atoms with E-state index in [-0.39, 0.29) is 6.04 Å². The van der Waals surface area contributed by atoms with Crippen LogP contribution >= 0.6 is 11.6 Å². The lowest BCUT2D eigenvalue weighted by Gasteiger charge is -2.16. The molecule has 3 aromatic carbocycles. The zero-order valence-electron chi connectivity index (χ0n) is 16.1. The van der Waals surface area contributed by atoms with Gasteiger partial charge < -0.3 is 0 Å². The second-order valence-electron chi connectivity index (χ2n) is 7.41. The van der Waals surface area contributed by atoms with Crippen LogP contribution in [0.4, 0.5) is 0 Å². The molecule has 0 fully saturated rings. The summed E-state index contributed by atoms with van der Waals surface area (Å²) in [5.74, 6) is 0. The van der Waals surface area contributed by atoms with Crippen molar-refractivity contribution in [1.82, 2.24) is 0 Å². The summed E-state index contributed by atoms with van der Waals surface area (Å²) in [4.78, 5) is -0.646. The van der Waals surface area contributed by atoms with Crippen molar-refractivity contribution in [3.63, 3.8) is 0 Å². The van der Waals surface area contributed by atoms with Gasteiger partial charge in [0.2, 0.25) is 0 Å². The Labute approximate surface area is 167 Å². The second kappa shape index (κ2) is 9.14. The molecule has 2 atom stereocenters. The van der Waals surface area contributed by atoms with Gasteiger partial charge in [0.1, 0.15) is 0 Å². The fraction of sp³-hybridized carbons (Fsp3) is 0.333. The van der Waals surface area contributed by atoms with Crippen molar-refractivity contribution in [2.75, 3.05) is 0 Å². The van der Waals surface area contributed by atoms with E-state index in [2.05, 4.69) is 83.9 Å². The molecule has 0 saturated carbocycles. The highest BCUT2D eigenvalue weighted by molar-refractivity contribution is 6.23. The second-order valence-corrected chi connectivity index (χ2v) is 8.23. The van der Waals surface area contributed by atoms with Crippen molar-refractivity contribution in [2.45, 2.75) is 50.6 Å². The first kappa shape index (κ1) is 19.6. The van der Waals surface area contributed by atoms with Gasteiger partial charge in [-0.3, -0.25) is 0 Å². The molecule has 0 saturated heterocycles. The minimum Gasteiger partial charge on any atom is -0.189 e. The molecular formula is C24H27ClN2. The van der Waals surface area contributed by atoms with Crippen LogP contribution in [0.5, 0.6) is 0 Å². The number of alkyl halides is 1. The third kappa shape index (κ3) is 6.18. The molecule has 27 heavy (non-hydrogen) atoms. The van der Waals surface area contributed by atoms with Gasteiger partial charge in [-0.05, 0) is 61.4 Å². The SMILES string of the molecule is CC(CCc1ccc2ccccc2c1)N=NC(C)(Cl)CCc1ccccc1. The number of benzene rings is 3. The van der Waals surface area contributed by atoms with E-state index in [0.717, 1.165) is 25.7 Å². The smallest absolute Gasteiger partial charge is 0.152 e. The normalized spacial score (nSPS) is 15.1. The first-order valence-corrected chi connectivity index (χ1v) is 10.0. The molecular weight excluding hydrogens is 352 g/mol. The standard InChI is InChI=1S/C24H27ClN2/c1-19(12-13-21-14-15-22-10-6-7-11-23(22)18-21)26-27-24(2,25)17-16-20-8-4-3-5-9-20/h3-11,14-15,18-19H,12-13,16-17H2,1-2H3. The lowest BCUT2D eigenvalue weighted by molar-refractivity contribution is 0.527. The first-order valence-electron chi connectivity index (χ1n) is 9.64. The molecule has 3 aromatic rings. The van der Waals surface area contributed by atoms with Gasteiger partial charge in [-0.25, -0.2) is 0 Å². The van der Waals surface area contributed by atoms with Crippen LogP contribution in [-0.2, 0) is 12.8 Å². The number of rotatable bonds is 8. The maximum atomic E-state index is 6.55. The minimum atomic E-state index is -0.646. The van der Waals surface area contributed by atoms with Gasteiger partial charge in [-0.15, -0.1) is 0 Å². The number of nitrogens with zero attached hydrogens (tertiary/aromatic N) is 2. The van der Waals surface area contributed by atoms with E-state index in [1.54, 1.807) is 0 Å². The summed E-state index contributed by atoms with van der Waals surface area (Å²) in [7, 11) is 0. The van der Waals surface area contributed by atoms with Crippen LogP contribution in [-0.4, -0.2) is 11.0 Å². The molecule has 0 spiro atoms. The summed E-state index contributed by atoms with van der Waals surface area (Å²) in [6.45, 7) is 4.05. The Bertz CT molecular complexity index is 887. The lowest BCUT2D eigenvalue weighted by atomic mass is 10.0. The van der Waals surface area contributed by atoms with Crippen LogP contribution in [0, 0.1) is 0 Å². The van der Waals surface area contributed by atoms with Gasteiger partial charge in [0.25, 0.3) is 0 Å². The van der Waals surface area contributed by atoms with Crippen molar-refractivity contribution in [3.8, 4) is 0 Å². The molecule has 140 valence electrons. The summed E-state index contributed by atoms with van der Waals surface area (Å²) in [5.41, 5.74) is 2.62. The highest BCUT2D eigenvalue weighted by Gasteiger charge is 2.20. The Morgan fingerprint density at radius 1 is 0.852 bits per heavy atom. The molecule has 0 aromatic heterocycles. The summed E-state index contributed by atoms with van der Waals surface area (Å²) in [6.07, 6.45) is 3.65. The Morgan fingerprint density at radius 3 is 2.33 bits per heavy atom. The van der Waals surface area contributed by atoms with Crippen molar-refractivity contribution < 1.29 is 0 Å². The number of azo groups is 1. The number of fused-ring (bicyclic) bond motifs is 1. The summed E-state index contributed by atoms with van der Waals surface area (Å²) in [6, 6.07) is 25.7. The molecule has 0 bridgehead atoms. The van der Waals surface area contributed by atoms with Crippen LogP contribution in [0.25, 0.3) is 10.8 Å². The van der Waals surface area contributed by atoms with Crippen LogP contribution in [0.1, 0.15) is 37.8 Å². The summed E-state index contributed by atoms with van der Waals surface area (Å²) in [5, 5.41) is 11.5. The predicted molar refractivity (Wildman–Crippen MR) is 116 cm³/mol. The van der Waals surface area contributed by atoms with E-state index in [0.29, 0.717) is 0 Å². The van der Waals surface area contributed by atoms with E-state index in [1.165, 1.54) is 21.9 Å². The van der Waals surface area contributed by atoms with Crippen molar-refractivity contribution in [3.05, 3.63) is 83.9 Å². The van der Waals surface area contributed by atoms with Crippen molar-refractivity contribution >= 4 is 22.4 Å². The molecule has 3 rings (SSSR count). The number of hydrogen-bond acceptors (Lipinski definition) is 2. The molecule has 2 nitrogen and oxygen atoms in total. The van der Waals surface area contributed by atoms with Gasteiger partial charge in [0.15, 0.2) is 5.00 Å². The molecule has 2 unspecified atom stereocenters. The maximum Gasteiger partial charge on any atom is 0.152 e. The van der Waals surface area contributed by atoms with E-state index in [9.17, 15) is 0 Å². The monoisotopic (exact) mass is 378 g/mol. The van der Waals surface area contributed by atoms with Crippen molar-refractivity contribution in [1.29, 1.82) is 0 Å². The fourth-order valence-corrected chi connectivity index (χ4v) is 3.25. The molecule has 0 radical (unpaired) electrons. The van der Waals surface area contributed by atoms with Gasteiger partial charge in [-0.2, -0.15) is 10.2 Å². The average Bonchev–Trinajstić information content (AvgIpc) is 2.70. The quantitative estimate of drug-likeness (QED) is 0.225. The Hall–Kier alpha value is -2.19. The highest BCUT2D eigenvalue weighted by atomic mass is 35.5. The summed E-state index contributed by atoms with van der Waals surface area (Å²) >= 11 is 6.55. The number of hydrogen-bond donors (Lipinski definition) is 0. The van der Waals surface area contributed by atoms with Crippen LogP contribution in [0.15, 0.2) is 83.0 Å². The molecule has 0 N–H and O–H groups in total. The van der Waals surface area contributed by atoms with E-state index in [1.807, 2.05) is 13.0 Å². The Kier molecular flexibility index (Phi) is 6.63. The van der Waals surface area contributed by atoms with Gasteiger partial charge in [-0.1, -0.05) is 84.4 Å². The zero-order chi connectivity index (χ0) is 19.1. The molecule has 3 heteroatoms. The van der Waals surface area contributed by atoms with E-state index in [4.69, 9.17) is 11.6 Å². The zero-order valence-corrected chi connectivity index (χ0v) is 16.9. The maximum absolute atomic E-state index is 6.55. The van der Waals surface area contributed by atoms with E-state index >= 15 is 0 Å². The fourth-order valence-electron chi connectivity index (χ4n) is 3.11. The highest BCUT2D eigenvalue weighted by Crippen LogP contribution is 2.25. The molecule has 0 aliphatic rings. The lowest BCUT2D eigenvalue weighted by Crippen LogP contribution is -2.14. The third-order valence-corrected chi connectivity index (χ3v) is 5.11. The molecule has 0 aliphatic carbocycles. The van der Waals surface area contributed by atoms with Crippen LogP contribution in [0.2, 0.25) is 0 Å². The molecule has 0 amide bonds. The summed E-state index contributed by atoms with van der Waals surface area (Å²) < 4.78 is 0. The third-order valence-electron chi connectivity index (χ3n) is 4.84. The largest absolute Gasteiger partial charge is 0.189 e. The predicted octanol–water partition coefficient (Wildman–Crippen LogP) is 7.20. The topological polar surface area (TPSA) is 24.7 Å². The molecule has 0 heterocycles. The van der Waals surface area contributed by atoms with Gasteiger partial charge in [0.05, 0.1) is 6.04 Å². The van der Waals surface area contributed by atoms with Gasteiger partial charge in [0, 0.05) is 0 Å². The Morgan fingerprint density at radius 2 is 1.56 bits per heavy atom. The minimum absolute atomic E-state index is 0.159. The number of aryl methyl sites for hydroxylation is 2. The molecule has 0 aliphatic heterocycles. The average molecular weight is 379 g/mol. The van der Waals surface area contributed by atoms with Crippen LogP contribution in [0.3, 0.4) is 0 Å². The van der Waals surface area contributed by atoms with Crippen LogP contribution < -0.4 is 0 Å². The Balaban J connectivity index is 1.50.